The quantitative estimate of drug-likeness (QED) is 0.476. The molecule has 50 valence electrons. The van der Waals surface area contributed by atoms with Crippen LogP contribution in [0.3, 0.4) is 0 Å². The van der Waals surface area contributed by atoms with Gasteiger partial charge in [0.2, 0.25) is 0 Å². The summed E-state index contributed by atoms with van der Waals surface area (Å²) in [5, 5.41) is 3.00. The van der Waals surface area contributed by atoms with Crippen LogP contribution in [0.1, 0.15) is 27.7 Å². The van der Waals surface area contributed by atoms with Crippen LogP contribution in [0.15, 0.2) is 0 Å². The minimum Gasteiger partial charge on any atom is -0.314 e. The minimum absolute atomic E-state index is 0.500. The number of rotatable bonds is 0. The van der Waals surface area contributed by atoms with Crippen LogP contribution < -0.4 is 5.32 Å². The molecule has 1 heterocycles. The van der Waals surface area contributed by atoms with E-state index in [1.807, 2.05) is 0 Å². The Balaban J connectivity index is 0.000000135. The molecular weight excluding hydrogens is 98.1 g/mol. The molecule has 1 nitrogen and oxygen atoms in total. The molecule has 0 aromatic rings. The van der Waals surface area contributed by atoms with Crippen molar-refractivity contribution in [2.45, 2.75) is 27.7 Å². The summed E-state index contributed by atoms with van der Waals surface area (Å²) in [6.45, 7) is 11.2. The molecule has 1 aliphatic heterocycles. The van der Waals surface area contributed by atoms with E-state index in [-0.39, 0.29) is 0 Å². The van der Waals surface area contributed by atoms with Crippen molar-refractivity contribution in [2.75, 3.05) is 13.1 Å². The average Bonchev–Trinajstić information content (AvgIpc) is 1.95. The number of hydrogen-bond donors (Lipinski definition) is 1. The lowest BCUT2D eigenvalue weighted by Crippen LogP contribution is -1.93. The molecule has 0 amide bonds. The van der Waals surface area contributed by atoms with Gasteiger partial charge in [-0.1, -0.05) is 27.7 Å². The van der Waals surface area contributed by atoms with Crippen LogP contribution in [-0.4, -0.2) is 13.1 Å². The highest BCUT2D eigenvalue weighted by atomic mass is 15.0. The van der Waals surface area contributed by atoms with Gasteiger partial charge in [0.15, 0.2) is 0 Å². The van der Waals surface area contributed by atoms with Gasteiger partial charge in [-0.2, -0.15) is 0 Å². The molecule has 0 aromatic heterocycles. The highest BCUT2D eigenvalue weighted by molar-refractivity contribution is 4.58. The Morgan fingerprint density at radius 3 is 1.12 bits per heavy atom. The fourth-order valence-corrected chi connectivity index (χ4v) is 0. The zero-order chi connectivity index (χ0) is 6.62. The summed E-state index contributed by atoms with van der Waals surface area (Å²) in [5.74, 6) is 0. The zero-order valence-corrected chi connectivity index (χ0v) is 6.41. The third-order valence-corrected chi connectivity index (χ3v) is 0.250. The molecule has 1 aliphatic rings. The van der Waals surface area contributed by atoms with Crippen LogP contribution in [0, 0.1) is 5.41 Å². The summed E-state index contributed by atoms with van der Waals surface area (Å²) < 4.78 is 0. The van der Waals surface area contributed by atoms with Crippen molar-refractivity contribution < 1.29 is 0 Å². The van der Waals surface area contributed by atoms with E-state index in [1.54, 1.807) is 0 Å². The maximum atomic E-state index is 3.00. The van der Waals surface area contributed by atoms with Gasteiger partial charge < -0.3 is 5.32 Å². The summed E-state index contributed by atoms with van der Waals surface area (Å²) in [6, 6.07) is 0. The summed E-state index contributed by atoms with van der Waals surface area (Å²) in [4.78, 5) is 0. The SMILES string of the molecule is C1CN1.CC(C)(C)C. The van der Waals surface area contributed by atoms with Crippen molar-refractivity contribution in [3.63, 3.8) is 0 Å². The molecule has 0 bridgehead atoms. The second kappa shape index (κ2) is 3.08. The van der Waals surface area contributed by atoms with Gasteiger partial charge in [0, 0.05) is 13.1 Å². The predicted molar refractivity (Wildman–Crippen MR) is 38.0 cm³/mol. The smallest absolute Gasteiger partial charge is 0.00772 e. The lowest BCUT2D eigenvalue weighted by Gasteiger charge is -2.05. The van der Waals surface area contributed by atoms with Crippen molar-refractivity contribution >= 4 is 0 Å². The Bertz CT molecular complexity index is 41.1. The average molecular weight is 115 g/mol. The molecule has 0 aliphatic carbocycles. The van der Waals surface area contributed by atoms with Gasteiger partial charge in [-0.25, -0.2) is 0 Å². The standard InChI is InChI=1S/C5H12.C2H5N/c1-5(2,3)4;1-2-3-1/h1-4H3;3H,1-2H2. The van der Waals surface area contributed by atoms with E-state index in [1.165, 1.54) is 13.1 Å². The third-order valence-electron chi connectivity index (χ3n) is 0.250. The summed E-state index contributed by atoms with van der Waals surface area (Å²) >= 11 is 0. The summed E-state index contributed by atoms with van der Waals surface area (Å²) in [5.41, 5.74) is 0.500. The molecule has 0 atom stereocenters. The van der Waals surface area contributed by atoms with E-state index in [9.17, 15) is 0 Å². The monoisotopic (exact) mass is 115 g/mol. The molecule has 0 unspecified atom stereocenters. The van der Waals surface area contributed by atoms with Gasteiger partial charge in [-0.3, -0.25) is 0 Å². The first kappa shape index (κ1) is 7.96. The second-order valence-electron chi connectivity index (χ2n) is 3.75. The van der Waals surface area contributed by atoms with Crippen molar-refractivity contribution in [1.82, 2.24) is 5.32 Å². The van der Waals surface area contributed by atoms with Crippen LogP contribution in [0.4, 0.5) is 0 Å². The Labute approximate surface area is 52.5 Å². The van der Waals surface area contributed by atoms with Crippen LogP contribution in [0.25, 0.3) is 0 Å². The zero-order valence-electron chi connectivity index (χ0n) is 6.41. The van der Waals surface area contributed by atoms with Gasteiger partial charge >= 0.3 is 0 Å². The van der Waals surface area contributed by atoms with Gasteiger partial charge in [0.05, 0.1) is 0 Å². The Morgan fingerprint density at radius 1 is 1.00 bits per heavy atom. The molecular formula is C7H17N. The Hall–Kier alpha value is -0.0400. The van der Waals surface area contributed by atoms with E-state index in [0.717, 1.165) is 0 Å². The van der Waals surface area contributed by atoms with Gasteiger partial charge in [0.25, 0.3) is 0 Å². The normalized spacial score (nSPS) is 16.5. The molecule has 1 heteroatoms. The Kier molecular flexibility index (Phi) is 3.06. The summed E-state index contributed by atoms with van der Waals surface area (Å²) in [6.07, 6.45) is 0. The fourth-order valence-electron chi connectivity index (χ4n) is 0. The summed E-state index contributed by atoms with van der Waals surface area (Å²) in [7, 11) is 0. The molecule has 1 rings (SSSR count). The van der Waals surface area contributed by atoms with E-state index in [2.05, 4.69) is 33.0 Å². The van der Waals surface area contributed by atoms with E-state index in [4.69, 9.17) is 0 Å². The molecule has 1 N–H and O–H groups in total. The molecule has 0 saturated carbocycles. The highest BCUT2D eigenvalue weighted by Crippen LogP contribution is 2.07. The predicted octanol–water partition coefficient (Wildman–Crippen LogP) is 1.64. The third kappa shape index (κ3) is 159. The van der Waals surface area contributed by atoms with Gasteiger partial charge in [-0.05, 0) is 5.41 Å². The van der Waals surface area contributed by atoms with Crippen molar-refractivity contribution in [3.8, 4) is 0 Å². The molecule has 0 radical (unpaired) electrons. The molecule has 1 saturated heterocycles. The lowest BCUT2D eigenvalue weighted by atomic mass is 10.0. The second-order valence-corrected chi connectivity index (χ2v) is 3.75. The van der Waals surface area contributed by atoms with Gasteiger partial charge in [-0.15, -0.1) is 0 Å². The van der Waals surface area contributed by atoms with Crippen molar-refractivity contribution in [3.05, 3.63) is 0 Å². The first-order chi connectivity index (χ1) is 3.50. The molecule has 0 spiro atoms. The maximum absolute atomic E-state index is 3.00. The number of nitrogens with one attached hydrogen (secondary N) is 1. The lowest BCUT2D eigenvalue weighted by molar-refractivity contribution is 0.469. The highest BCUT2D eigenvalue weighted by Gasteiger charge is 1.95. The van der Waals surface area contributed by atoms with E-state index < -0.39 is 0 Å². The molecule has 8 heavy (non-hydrogen) atoms. The maximum Gasteiger partial charge on any atom is 0.00772 e. The largest absolute Gasteiger partial charge is 0.314 e. The topological polar surface area (TPSA) is 21.9 Å². The van der Waals surface area contributed by atoms with Gasteiger partial charge in [0.1, 0.15) is 0 Å². The van der Waals surface area contributed by atoms with Crippen molar-refractivity contribution in [1.29, 1.82) is 0 Å². The minimum atomic E-state index is 0.500. The fraction of sp³-hybridized carbons (Fsp3) is 1.00. The number of hydrogen-bond acceptors (Lipinski definition) is 1. The van der Waals surface area contributed by atoms with Crippen LogP contribution in [0.5, 0.6) is 0 Å². The van der Waals surface area contributed by atoms with Crippen LogP contribution >= 0.6 is 0 Å². The van der Waals surface area contributed by atoms with E-state index in [0.29, 0.717) is 5.41 Å². The first-order valence-corrected chi connectivity index (χ1v) is 3.21. The van der Waals surface area contributed by atoms with Crippen molar-refractivity contribution in [2.24, 2.45) is 5.41 Å². The first-order valence-electron chi connectivity index (χ1n) is 3.21. The van der Waals surface area contributed by atoms with Crippen LogP contribution in [0.2, 0.25) is 0 Å². The molecule has 0 aromatic carbocycles. The van der Waals surface area contributed by atoms with E-state index >= 15 is 0 Å². The Morgan fingerprint density at radius 2 is 1.12 bits per heavy atom. The van der Waals surface area contributed by atoms with Crippen LogP contribution in [-0.2, 0) is 0 Å². The molecule has 1 fully saturated rings.